The second-order valence-electron chi connectivity index (χ2n) is 24.9. The molecule has 0 bridgehead atoms. The molecule has 0 spiro atoms. The van der Waals surface area contributed by atoms with E-state index in [9.17, 15) is 14.4 Å². The van der Waals surface area contributed by atoms with E-state index in [2.05, 4.69) is 20.8 Å². The maximum atomic E-state index is 12.9. The summed E-state index contributed by atoms with van der Waals surface area (Å²) in [5, 5.41) is 0. The number of rotatable bonds is 68. The molecule has 6 nitrogen and oxygen atoms in total. The van der Waals surface area contributed by atoms with E-state index in [1.54, 1.807) is 0 Å². The van der Waals surface area contributed by atoms with E-state index in [1.165, 1.54) is 327 Å². The Morgan fingerprint density at radius 1 is 0.205 bits per heavy atom. The van der Waals surface area contributed by atoms with E-state index >= 15 is 0 Å². The first-order valence-corrected chi connectivity index (χ1v) is 36.0. The maximum Gasteiger partial charge on any atom is 0.306 e. The summed E-state index contributed by atoms with van der Waals surface area (Å²) in [5.74, 6) is -0.823. The summed E-state index contributed by atoms with van der Waals surface area (Å²) in [6.07, 6.45) is 80.1. The molecule has 0 aliphatic carbocycles. The Hall–Kier alpha value is -1.59. The zero-order chi connectivity index (χ0) is 56.4. The van der Waals surface area contributed by atoms with E-state index in [-0.39, 0.29) is 31.1 Å². The fourth-order valence-corrected chi connectivity index (χ4v) is 11.5. The normalized spacial score (nSPS) is 11.9. The van der Waals surface area contributed by atoms with E-state index in [0.717, 1.165) is 57.8 Å². The number of carbonyl (C=O) groups is 3. The molecule has 0 heterocycles. The zero-order valence-electron chi connectivity index (χ0n) is 53.5. The molecule has 0 aromatic rings. The number of carbonyl (C=O) groups excluding carboxylic acids is 3. The topological polar surface area (TPSA) is 78.9 Å². The van der Waals surface area contributed by atoms with Crippen molar-refractivity contribution in [2.24, 2.45) is 0 Å². The highest BCUT2D eigenvalue weighted by atomic mass is 16.6. The van der Waals surface area contributed by atoms with E-state index in [1.807, 2.05) is 0 Å². The molecule has 0 amide bonds. The number of hydrogen-bond acceptors (Lipinski definition) is 6. The standard InChI is InChI=1S/C72H140O6/c1-4-7-10-13-16-19-22-24-26-28-30-31-32-33-34-35-36-37-38-39-40-42-43-45-47-50-53-56-59-62-65-71(74)77-68-69(67-76-70(73)64-61-58-55-52-49-21-18-15-12-9-6-3)78-72(75)66-63-60-57-54-51-48-46-44-41-29-27-25-23-20-17-14-11-8-5-2/h69H,4-68H2,1-3H3. The predicted octanol–water partition coefficient (Wildman–Crippen LogP) is 24.6. The van der Waals surface area contributed by atoms with Gasteiger partial charge in [0.1, 0.15) is 13.2 Å². The monoisotopic (exact) mass is 1100 g/mol. The molecule has 464 valence electrons. The summed E-state index contributed by atoms with van der Waals surface area (Å²) in [7, 11) is 0. The first kappa shape index (κ1) is 76.4. The third-order valence-electron chi connectivity index (χ3n) is 16.9. The van der Waals surface area contributed by atoms with Crippen LogP contribution in [-0.2, 0) is 28.6 Å². The van der Waals surface area contributed by atoms with E-state index < -0.39 is 6.10 Å². The Morgan fingerprint density at radius 2 is 0.346 bits per heavy atom. The molecule has 0 rings (SSSR count). The van der Waals surface area contributed by atoms with Gasteiger partial charge in [-0.05, 0) is 19.3 Å². The summed E-state index contributed by atoms with van der Waals surface area (Å²) in [4.78, 5) is 38.3. The van der Waals surface area contributed by atoms with Crippen LogP contribution in [0.25, 0.3) is 0 Å². The van der Waals surface area contributed by atoms with Gasteiger partial charge in [0.15, 0.2) is 6.10 Å². The minimum atomic E-state index is -0.763. The Balaban J connectivity index is 4.07. The van der Waals surface area contributed by atoms with Crippen molar-refractivity contribution in [3.63, 3.8) is 0 Å². The van der Waals surface area contributed by atoms with Gasteiger partial charge in [-0.25, -0.2) is 0 Å². The first-order chi connectivity index (χ1) is 38.5. The molecule has 0 fully saturated rings. The van der Waals surface area contributed by atoms with Crippen LogP contribution in [-0.4, -0.2) is 37.2 Å². The Morgan fingerprint density at radius 3 is 0.513 bits per heavy atom. The largest absolute Gasteiger partial charge is 0.462 e. The lowest BCUT2D eigenvalue weighted by atomic mass is 10.0. The van der Waals surface area contributed by atoms with Gasteiger partial charge in [0.25, 0.3) is 0 Å². The summed E-state index contributed by atoms with van der Waals surface area (Å²) in [6.45, 7) is 6.73. The molecule has 0 N–H and O–H groups in total. The van der Waals surface area contributed by atoms with Crippen LogP contribution in [0.1, 0.15) is 425 Å². The van der Waals surface area contributed by atoms with Crippen molar-refractivity contribution < 1.29 is 28.6 Å². The maximum absolute atomic E-state index is 12.9. The van der Waals surface area contributed by atoms with Crippen LogP contribution in [0, 0.1) is 0 Å². The molecular formula is C72H140O6. The first-order valence-electron chi connectivity index (χ1n) is 36.0. The molecule has 1 atom stereocenters. The van der Waals surface area contributed by atoms with Crippen molar-refractivity contribution in [1.82, 2.24) is 0 Å². The number of esters is 3. The van der Waals surface area contributed by atoms with Crippen LogP contribution in [0.2, 0.25) is 0 Å². The molecule has 0 saturated carbocycles. The lowest BCUT2D eigenvalue weighted by molar-refractivity contribution is -0.167. The van der Waals surface area contributed by atoms with E-state index in [0.29, 0.717) is 19.3 Å². The minimum Gasteiger partial charge on any atom is -0.462 e. The van der Waals surface area contributed by atoms with Gasteiger partial charge in [0, 0.05) is 19.3 Å². The highest BCUT2D eigenvalue weighted by Gasteiger charge is 2.20. The van der Waals surface area contributed by atoms with Gasteiger partial charge in [-0.15, -0.1) is 0 Å². The average Bonchev–Trinajstić information content (AvgIpc) is 3.44. The Bertz CT molecular complexity index is 1170. The average molecular weight is 1100 g/mol. The van der Waals surface area contributed by atoms with Gasteiger partial charge < -0.3 is 14.2 Å². The second-order valence-corrected chi connectivity index (χ2v) is 24.9. The van der Waals surface area contributed by atoms with Gasteiger partial charge >= 0.3 is 17.9 Å². The summed E-state index contributed by atoms with van der Waals surface area (Å²) in [5.41, 5.74) is 0. The van der Waals surface area contributed by atoms with Crippen molar-refractivity contribution >= 4 is 17.9 Å². The molecule has 6 heteroatoms. The molecule has 0 aliphatic rings. The minimum absolute atomic E-state index is 0.0604. The smallest absolute Gasteiger partial charge is 0.306 e. The van der Waals surface area contributed by atoms with Crippen molar-refractivity contribution in [1.29, 1.82) is 0 Å². The Labute approximate surface area is 488 Å². The summed E-state index contributed by atoms with van der Waals surface area (Å²) in [6, 6.07) is 0. The van der Waals surface area contributed by atoms with Crippen LogP contribution < -0.4 is 0 Å². The molecule has 0 aromatic carbocycles. The van der Waals surface area contributed by atoms with Gasteiger partial charge in [0.05, 0.1) is 0 Å². The third-order valence-corrected chi connectivity index (χ3v) is 16.9. The molecule has 78 heavy (non-hydrogen) atoms. The van der Waals surface area contributed by atoms with Crippen LogP contribution in [0.4, 0.5) is 0 Å². The lowest BCUT2D eigenvalue weighted by Crippen LogP contribution is -2.30. The highest BCUT2D eigenvalue weighted by molar-refractivity contribution is 5.71. The Kier molecular flexibility index (Phi) is 66.5. The molecule has 0 radical (unpaired) electrons. The lowest BCUT2D eigenvalue weighted by Gasteiger charge is -2.18. The number of unbranched alkanes of at least 4 members (excludes halogenated alkanes) is 57. The second kappa shape index (κ2) is 67.9. The van der Waals surface area contributed by atoms with Crippen molar-refractivity contribution in [3.8, 4) is 0 Å². The van der Waals surface area contributed by atoms with Crippen molar-refractivity contribution in [2.75, 3.05) is 13.2 Å². The van der Waals surface area contributed by atoms with Gasteiger partial charge in [-0.2, -0.15) is 0 Å². The third kappa shape index (κ3) is 65.2. The van der Waals surface area contributed by atoms with E-state index in [4.69, 9.17) is 14.2 Å². The van der Waals surface area contributed by atoms with Crippen LogP contribution in [0.15, 0.2) is 0 Å². The van der Waals surface area contributed by atoms with Crippen molar-refractivity contribution in [2.45, 2.75) is 431 Å². The number of ether oxygens (including phenoxy) is 3. The predicted molar refractivity (Wildman–Crippen MR) is 340 cm³/mol. The highest BCUT2D eigenvalue weighted by Crippen LogP contribution is 2.20. The van der Waals surface area contributed by atoms with Gasteiger partial charge in [-0.1, -0.05) is 387 Å². The number of hydrogen-bond donors (Lipinski definition) is 0. The SMILES string of the molecule is CCCCCCCCCCCCCCCCCCCCCCCCCCCCCCCCC(=O)OCC(COC(=O)CCCCCCCCCCCCC)OC(=O)CCCCCCCCCCCCCCCCCCCCC. The van der Waals surface area contributed by atoms with Crippen LogP contribution in [0.5, 0.6) is 0 Å². The summed E-state index contributed by atoms with van der Waals surface area (Å²) < 4.78 is 17.0. The fraction of sp³-hybridized carbons (Fsp3) is 0.958. The quantitative estimate of drug-likeness (QED) is 0.0343. The van der Waals surface area contributed by atoms with Gasteiger partial charge in [-0.3, -0.25) is 14.4 Å². The molecule has 0 aromatic heterocycles. The van der Waals surface area contributed by atoms with Crippen molar-refractivity contribution in [3.05, 3.63) is 0 Å². The summed E-state index contributed by atoms with van der Waals surface area (Å²) >= 11 is 0. The van der Waals surface area contributed by atoms with Crippen LogP contribution >= 0.6 is 0 Å². The van der Waals surface area contributed by atoms with Crippen LogP contribution in [0.3, 0.4) is 0 Å². The fourth-order valence-electron chi connectivity index (χ4n) is 11.5. The van der Waals surface area contributed by atoms with Gasteiger partial charge in [0.2, 0.25) is 0 Å². The molecule has 1 unspecified atom stereocenters. The molecule has 0 aliphatic heterocycles. The zero-order valence-corrected chi connectivity index (χ0v) is 53.5. The molecular weight excluding hydrogens is 961 g/mol. The molecule has 0 saturated heterocycles.